The van der Waals surface area contributed by atoms with Gasteiger partial charge in [-0.2, -0.15) is 5.21 Å². The van der Waals surface area contributed by atoms with E-state index in [9.17, 15) is 4.79 Å². The Morgan fingerprint density at radius 3 is 2.94 bits per heavy atom. The van der Waals surface area contributed by atoms with Crippen LogP contribution in [0.25, 0.3) is 0 Å². The maximum Gasteiger partial charge on any atom is 0.293 e. The zero-order chi connectivity index (χ0) is 11.4. The molecule has 1 aliphatic heterocycles. The van der Waals surface area contributed by atoms with Crippen LogP contribution in [0.5, 0.6) is 0 Å². The summed E-state index contributed by atoms with van der Waals surface area (Å²) in [6.45, 7) is 3.54. The minimum atomic E-state index is -0.284. The molecule has 0 spiro atoms. The van der Waals surface area contributed by atoms with Gasteiger partial charge in [0.25, 0.3) is 11.7 Å². The Balaban J connectivity index is 1.86. The summed E-state index contributed by atoms with van der Waals surface area (Å²) >= 11 is 0. The second kappa shape index (κ2) is 5.02. The first-order valence-electron chi connectivity index (χ1n) is 5.39. The lowest BCUT2D eigenvalue weighted by molar-refractivity contribution is 0.0536. The highest BCUT2D eigenvalue weighted by Gasteiger charge is 2.23. The molecule has 88 valence electrons. The highest BCUT2D eigenvalue weighted by atomic mass is 16.5. The summed E-state index contributed by atoms with van der Waals surface area (Å²) in [5.74, 6) is 0.260. The Morgan fingerprint density at radius 2 is 2.31 bits per heavy atom. The Morgan fingerprint density at radius 1 is 1.56 bits per heavy atom. The number of nitrogens with one attached hydrogen (secondary N) is 2. The number of tetrazole rings is 1. The molecule has 1 saturated heterocycles. The van der Waals surface area contributed by atoms with Crippen LogP contribution in [-0.4, -0.2) is 45.8 Å². The second-order valence-electron chi connectivity index (χ2n) is 3.95. The first-order valence-corrected chi connectivity index (χ1v) is 5.39. The van der Waals surface area contributed by atoms with Crippen LogP contribution < -0.4 is 5.32 Å². The molecule has 0 bridgehead atoms. The van der Waals surface area contributed by atoms with Gasteiger partial charge in [0.15, 0.2) is 0 Å². The fourth-order valence-corrected chi connectivity index (χ4v) is 1.86. The highest BCUT2D eigenvalue weighted by molar-refractivity contribution is 5.90. The van der Waals surface area contributed by atoms with Crippen molar-refractivity contribution in [2.45, 2.75) is 25.8 Å². The van der Waals surface area contributed by atoms with E-state index in [2.05, 4.69) is 25.9 Å². The molecule has 0 aromatic carbocycles. The van der Waals surface area contributed by atoms with Crippen molar-refractivity contribution < 1.29 is 9.53 Å². The Bertz CT molecular complexity index is 334. The van der Waals surface area contributed by atoms with Gasteiger partial charge in [-0.25, -0.2) is 0 Å². The van der Waals surface area contributed by atoms with E-state index in [0.29, 0.717) is 5.92 Å². The van der Waals surface area contributed by atoms with Gasteiger partial charge in [-0.1, -0.05) is 0 Å². The van der Waals surface area contributed by atoms with E-state index in [1.807, 2.05) is 6.92 Å². The summed E-state index contributed by atoms with van der Waals surface area (Å²) in [5.41, 5.74) is 0. The standard InChI is InChI=1S/C9H15N5O2/c1-6(7-2-4-16-5-3-7)10-9(15)8-11-13-14-12-8/h6-7H,2-5H2,1H3,(H,10,15)(H,11,12,13,14). The number of nitrogens with zero attached hydrogens (tertiary/aromatic N) is 3. The summed E-state index contributed by atoms with van der Waals surface area (Å²) in [5, 5.41) is 15.7. The van der Waals surface area contributed by atoms with Crippen LogP contribution in [0.1, 0.15) is 30.4 Å². The van der Waals surface area contributed by atoms with Crippen molar-refractivity contribution in [3.8, 4) is 0 Å². The third-order valence-electron chi connectivity index (χ3n) is 2.88. The molecule has 2 heterocycles. The average Bonchev–Trinajstić information content (AvgIpc) is 2.83. The number of ether oxygens (including phenoxy) is 1. The van der Waals surface area contributed by atoms with Gasteiger partial charge < -0.3 is 10.1 Å². The number of carbonyl (C=O) groups is 1. The molecule has 7 nitrogen and oxygen atoms in total. The highest BCUT2D eigenvalue weighted by Crippen LogP contribution is 2.18. The molecular formula is C9H15N5O2. The number of hydrogen-bond acceptors (Lipinski definition) is 5. The molecule has 0 saturated carbocycles. The van der Waals surface area contributed by atoms with Gasteiger partial charge in [-0.15, -0.1) is 10.2 Å². The Hall–Kier alpha value is -1.50. The lowest BCUT2D eigenvalue weighted by Gasteiger charge is -2.27. The number of hydrogen-bond donors (Lipinski definition) is 2. The van der Waals surface area contributed by atoms with Crippen LogP contribution in [0, 0.1) is 5.92 Å². The number of rotatable bonds is 3. The zero-order valence-electron chi connectivity index (χ0n) is 9.14. The molecule has 2 N–H and O–H groups in total. The number of aromatic amines is 1. The number of carbonyl (C=O) groups excluding carboxylic acids is 1. The lowest BCUT2D eigenvalue weighted by Crippen LogP contribution is -2.40. The molecule has 16 heavy (non-hydrogen) atoms. The maximum atomic E-state index is 11.6. The fraction of sp³-hybridized carbons (Fsp3) is 0.778. The SMILES string of the molecule is CC(NC(=O)c1nn[nH]n1)C1CCOCC1. The zero-order valence-corrected chi connectivity index (χ0v) is 9.14. The van der Waals surface area contributed by atoms with E-state index in [-0.39, 0.29) is 17.8 Å². The van der Waals surface area contributed by atoms with Crippen LogP contribution in [0.15, 0.2) is 0 Å². The van der Waals surface area contributed by atoms with E-state index in [1.165, 1.54) is 0 Å². The molecule has 1 amide bonds. The van der Waals surface area contributed by atoms with E-state index in [4.69, 9.17) is 4.74 Å². The van der Waals surface area contributed by atoms with Crippen molar-refractivity contribution in [3.63, 3.8) is 0 Å². The number of amides is 1. The van der Waals surface area contributed by atoms with Gasteiger partial charge in [0.2, 0.25) is 0 Å². The van der Waals surface area contributed by atoms with Crippen molar-refractivity contribution in [1.29, 1.82) is 0 Å². The van der Waals surface area contributed by atoms with Crippen LogP contribution in [0.3, 0.4) is 0 Å². The predicted molar refractivity (Wildman–Crippen MR) is 54.6 cm³/mol. The summed E-state index contributed by atoms with van der Waals surface area (Å²) < 4.78 is 5.27. The Labute approximate surface area is 92.9 Å². The summed E-state index contributed by atoms with van der Waals surface area (Å²) in [7, 11) is 0. The molecule has 1 atom stereocenters. The van der Waals surface area contributed by atoms with E-state index in [0.717, 1.165) is 26.1 Å². The molecule has 0 radical (unpaired) electrons. The third kappa shape index (κ3) is 2.54. The summed E-state index contributed by atoms with van der Waals surface area (Å²) in [6.07, 6.45) is 1.96. The molecule has 1 aromatic heterocycles. The fourth-order valence-electron chi connectivity index (χ4n) is 1.86. The van der Waals surface area contributed by atoms with Crippen molar-refractivity contribution >= 4 is 5.91 Å². The van der Waals surface area contributed by atoms with Gasteiger partial charge in [0, 0.05) is 19.3 Å². The normalized spacial score (nSPS) is 19.3. The first-order chi connectivity index (χ1) is 7.77. The maximum absolute atomic E-state index is 11.6. The van der Waals surface area contributed by atoms with Gasteiger partial charge in [-0.3, -0.25) is 4.79 Å². The minimum absolute atomic E-state index is 0.0823. The van der Waals surface area contributed by atoms with Crippen LogP contribution in [-0.2, 0) is 4.74 Å². The molecule has 1 aromatic rings. The van der Waals surface area contributed by atoms with Gasteiger partial charge in [0.05, 0.1) is 0 Å². The molecule has 1 unspecified atom stereocenters. The minimum Gasteiger partial charge on any atom is -0.381 e. The molecular weight excluding hydrogens is 210 g/mol. The van der Waals surface area contributed by atoms with E-state index in [1.54, 1.807) is 0 Å². The van der Waals surface area contributed by atoms with Gasteiger partial charge in [-0.05, 0) is 30.9 Å². The van der Waals surface area contributed by atoms with Crippen LogP contribution in [0.4, 0.5) is 0 Å². The third-order valence-corrected chi connectivity index (χ3v) is 2.88. The van der Waals surface area contributed by atoms with Gasteiger partial charge >= 0.3 is 0 Å². The monoisotopic (exact) mass is 225 g/mol. The summed E-state index contributed by atoms with van der Waals surface area (Å²) in [6, 6.07) is 0.106. The molecule has 7 heteroatoms. The van der Waals surface area contributed by atoms with Crippen LogP contribution >= 0.6 is 0 Å². The largest absolute Gasteiger partial charge is 0.381 e. The quantitative estimate of drug-likeness (QED) is 0.739. The first kappa shape index (κ1) is 11.0. The lowest BCUT2D eigenvalue weighted by atomic mass is 9.93. The predicted octanol–water partition coefficient (Wildman–Crippen LogP) is -0.255. The summed E-state index contributed by atoms with van der Waals surface area (Å²) in [4.78, 5) is 11.6. The van der Waals surface area contributed by atoms with Gasteiger partial charge in [0.1, 0.15) is 0 Å². The Kier molecular flexibility index (Phi) is 3.45. The van der Waals surface area contributed by atoms with Crippen LogP contribution in [0.2, 0.25) is 0 Å². The second-order valence-corrected chi connectivity index (χ2v) is 3.95. The number of H-pyrrole nitrogens is 1. The number of aromatic nitrogens is 4. The molecule has 2 rings (SSSR count). The molecule has 0 aliphatic carbocycles. The molecule has 1 aliphatic rings. The van der Waals surface area contributed by atoms with E-state index >= 15 is 0 Å². The smallest absolute Gasteiger partial charge is 0.293 e. The average molecular weight is 225 g/mol. The van der Waals surface area contributed by atoms with Crippen molar-refractivity contribution in [1.82, 2.24) is 25.9 Å². The van der Waals surface area contributed by atoms with E-state index < -0.39 is 0 Å². The molecule has 1 fully saturated rings. The van der Waals surface area contributed by atoms with Crippen molar-refractivity contribution in [2.24, 2.45) is 5.92 Å². The van der Waals surface area contributed by atoms with Crippen molar-refractivity contribution in [3.05, 3.63) is 5.82 Å². The topological polar surface area (TPSA) is 92.8 Å². The van der Waals surface area contributed by atoms with Crippen molar-refractivity contribution in [2.75, 3.05) is 13.2 Å².